The van der Waals surface area contributed by atoms with Gasteiger partial charge in [-0.15, -0.1) is 11.6 Å². The van der Waals surface area contributed by atoms with Crippen molar-refractivity contribution in [2.45, 2.75) is 19.4 Å². The monoisotopic (exact) mass is 391 g/mol. The Labute approximate surface area is 130 Å². The second-order valence-corrected chi connectivity index (χ2v) is 5.88. The van der Waals surface area contributed by atoms with Crippen LogP contribution in [0.4, 0.5) is 0 Å². The summed E-state index contributed by atoms with van der Waals surface area (Å²) in [6.45, 7) is 1.87. The first-order valence-corrected chi connectivity index (χ1v) is 7.63. The van der Waals surface area contributed by atoms with Gasteiger partial charge in [-0.25, -0.2) is 4.98 Å². The van der Waals surface area contributed by atoms with Crippen molar-refractivity contribution in [1.29, 1.82) is 0 Å². The van der Waals surface area contributed by atoms with E-state index in [0.717, 1.165) is 20.4 Å². The number of likely N-dealkylation sites (N-methyl/N-ethyl adjacent to an activating group) is 1. The van der Waals surface area contributed by atoms with Gasteiger partial charge in [-0.1, -0.05) is 0 Å². The zero-order chi connectivity index (χ0) is 14.0. The van der Waals surface area contributed by atoms with E-state index in [0.29, 0.717) is 12.3 Å². The highest BCUT2D eigenvalue weighted by atomic mass is 127. The second-order valence-electron chi connectivity index (χ2n) is 4.26. The molecule has 0 aliphatic rings. The predicted molar refractivity (Wildman–Crippen MR) is 85.7 cm³/mol. The number of halogens is 2. The van der Waals surface area contributed by atoms with Crippen LogP contribution in [0.5, 0.6) is 0 Å². The van der Waals surface area contributed by atoms with Gasteiger partial charge in [0.1, 0.15) is 11.9 Å². The third-order valence-electron chi connectivity index (χ3n) is 3.06. The maximum atomic E-state index is 11.9. The zero-order valence-electron chi connectivity index (χ0n) is 10.8. The van der Waals surface area contributed by atoms with Crippen molar-refractivity contribution < 1.29 is 4.79 Å². The van der Waals surface area contributed by atoms with Crippen LogP contribution in [0.15, 0.2) is 18.2 Å². The fraction of sp³-hybridized carbons (Fsp3) is 0.385. The van der Waals surface area contributed by atoms with Gasteiger partial charge in [0, 0.05) is 22.9 Å². The van der Waals surface area contributed by atoms with E-state index in [1.54, 1.807) is 7.05 Å². The molecule has 1 amide bonds. The number of carbonyl (C=O) groups excluding carboxylic acids is 1. The number of imidazole rings is 1. The molecule has 0 saturated carbocycles. The predicted octanol–water partition coefficient (Wildman–Crippen LogP) is 2.73. The Morgan fingerprint density at radius 1 is 1.58 bits per heavy atom. The lowest BCUT2D eigenvalue weighted by atomic mass is 10.2. The normalized spacial score (nSPS) is 12.6. The molecule has 0 aliphatic carbocycles. The third kappa shape index (κ3) is 2.86. The smallest absolute Gasteiger partial charge is 0.242 e. The summed E-state index contributed by atoms with van der Waals surface area (Å²) in [6.07, 6.45) is 0.647. The van der Waals surface area contributed by atoms with Crippen molar-refractivity contribution in [2.75, 3.05) is 12.9 Å². The van der Waals surface area contributed by atoms with Gasteiger partial charge in [-0.2, -0.15) is 0 Å². The number of aromatic nitrogens is 2. The fourth-order valence-electron chi connectivity index (χ4n) is 2.14. The summed E-state index contributed by atoms with van der Waals surface area (Å²) in [5, 5.41) is 2.68. The average molecular weight is 392 g/mol. The molecule has 0 aliphatic heterocycles. The second kappa shape index (κ2) is 6.09. The Balaban J connectivity index is 2.61. The van der Waals surface area contributed by atoms with Gasteiger partial charge in [0.25, 0.3) is 0 Å². The number of nitrogens with zero attached hydrogens (tertiary/aromatic N) is 2. The highest BCUT2D eigenvalue weighted by Crippen LogP contribution is 2.23. The van der Waals surface area contributed by atoms with Gasteiger partial charge in [0.05, 0.1) is 11.0 Å². The van der Waals surface area contributed by atoms with E-state index in [1.165, 1.54) is 0 Å². The highest BCUT2D eigenvalue weighted by molar-refractivity contribution is 14.1. The number of rotatable bonds is 4. The van der Waals surface area contributed by atoms with Crippen LogP contribution in [-0.4, -0.2) is 28.4 Å². The molecule has 1 aromatic heterocycles. The Morgan fingerprint density at radius 3 is 2.95 bits per heavy atom. The van der Waals surface area contributed by atoms with Crippen LogP contribution in [-0.2, 0) is 11.2 Å². The van der Waals surface area contributed by atoms with E-state index in [9.17, 15) is 4.79 Å². The summed E-state index contributed by atoms with van der Waals surface area (Å²) in [5.74, 6) is 1.30. The SMILES string of the molecule is CNC(=O)C(C)n1c(CCCl)nc2cc(I)ccc21. The molecule has 2 aromatic rings. The molecule has 0 fully saturated rings. The quantitative estimate of drug-likeness (QED) is 0.643. The van der Waals surface area contributed by atoms with Gasteiger partial charge in [0.15, 0.2) is 0 Å². The summed E-state index contributed by atoms with van der Waals surface area (Å²) in [6, 6.07) is 5.73. The molecule has 102 valence electrons. The lowest BCUT2D eigenvalue weighted by Crippen LogP contribution is -2.28. The molecule has 1 unspecified atom stereocenters. The van der Waals surface area contributed by atoms with Crippen molar-refractivity contribution >= 4 is 51.1 Å². The van der Waals surface area contributed by atoms with Crippen molar-refractivity contribution in [1.82, 2.24) is 14.9 Å². The Kier molecular flexibility index (Phi) is 4.67. The summed E-state index contributed by atoms with van der Waals surface area (Å²) in [4.78, 5) is 16.5. The standard InChI is InChI=1S/C13H15ClIN3O/c1-8(13(19)16-2)18-11-4-3-9(15)7-10(11)17-12(18)5-6-14/h3-4,7-8H,5-6H2,1-2H3,(H,16,19). The Bertz CT molecular complexity index is 611. The van der Waals surface area contributed by atoms with Crippen molar-refractivity contribution in [2.24, 2.45) is 0 Å². The van der Waals surface area contributed by atoms with Crippen LogP contribution < -0.4 is 5.32 Å². The molecule has 2 rings (SSSR count). The van der Waals surface area contributed by atoms with Crippen molar-refractivity contribution in [3.05, 3.63) is 27.6 Å². The third-order valence-corrected chi connectivity index (χ3v) is 3.92. The average Bonchev–Trinajstić information content (AvgIpc) is 2.74. The first kappa shape index (κ1) is 14.6. The topological polar surface area (TPSA) is 46.9 Å². The molecule has 1 atom stereocenters. The molecular formula is C13H15ClIN3O. The molecular weight excluding hydrogens is 377 g/mol. The lowest BCUT2D eigenvalue weighted by Gasteiger charge is -2.15. The zero-order valence-corrected chi connectivity index (χ0v) is 13.7. The summed E-state index contributed by atoms with van der Waals surface area (Å²) < 4.78 is 3.09. The minimum Gasteiger partial charge on any atom is -0.357 e. The molecule has 0 bridgehead atoms. The first-order chi connectivity index (χ1) is 9.08. The van der Waals surface area contributed by atoms with Gasteiger partial charge >= 0.3 is 0 Å². The molecule has 1 N–H and O–H groups in total. The number of amides is 1. The van der Waals surface area contributed by atoms with E-state index in [1.807, 2.05) is 29.7 Å². The van der Waals surface area contributed by atoms with E-state index >= 15 is 0 Å². The van der Waals surface area contributed by atoms with Gasteiger partial charge < -0.3 is 9.88 Å². The Morgan fingerprint density at radius 2 is 2.32 bits per heavy atom. The maximum Gasteiger partial charge on any atom is 0.242 e. The number of nitrogens with one attached hydrogen (secondary N) is 1. The lowest BCUT2D eigenvalue weighted by molar-refractivity contribution is -0.123. The van der Waals surface area contributed by atoms with Crippen LogP contribution in [0.25, 0.3) is 11.0 Å². The number of benzene rings is 1. The minimum absolute atomic E-state index is 0.0336. The van der Waals surface area contributed by atoms with Crippen LogP contribution >= 0.6 is 34.2 Å². The van der Waals surface area contributed by atoms with Crippen LogP contribution in [0.1, 0.15) is 18.8 Å². The van der Waals surface area contributed by atoms with E-state index in [4.69, 9.17) is 11.6 Å². The van der Waals surface area contributed by atoms with E-state index in [2.05, 4.69) is 32.9 Å². The minimum atomic E-state index is -0.298. The number of alkyl halides is 1. The van der Waals surface area contributed by atoms with Crippen LogP contribution in [0.2, 0.25) is 0 Å². The van der Waals surface area contributed by atoms with Gasteiger partial charge in [0.2, 0.25) is 5.91 Å². The molecule has 4 nitrogen and oxygen atoms in total. The van der Waals surface area contributed by atoms with E-state index < -0.39 is 0 Å². The molecule has 0 radical (unpaired) electrons. The molecule has 1 aromatic carbocycles. The summed E-state index contributed by atoms with van der Waals surface area (Å²) in [5.41, 5.74) is 1.87. The number of hydrogen-bond acceptors (Lipinski definition) is 2. The largest absolute Gasteiger partial charge is 0.357 e. The van der Waals surface area contributed by atoms with E-state index in [-0.39, 0.29) is 11.9 Å². The van der Waals surface area contributed by atoms with Gasteiger partial charge in [-0.3, -0.25) is 4.79 Å². The fourth-order valence-corrected chi connectivity index (χ4v) is 2.78. The molecule has 19 heavy (non-hydrogen) atoms. The van der Waals surface area contributed by atoms with Crippen molar-refractivity contribution in [3.63, 3.8) is 0 Å². The number of fused-ring (bicyclic) bond motifs is 1. The Hall–Kier alpha value is -0.820. The van der Waals surface area contributed by atoms with Crippen molar-refractivity contribution in [3.8, 4) is 0 Å². The summed E-state index contributed by atoms with van der Waals surface area (Å²) >= 11 is 8.08. The maximum absolute atomic E-state index is 11.9. The molecule has 0 saturated heterocycles. The van der Waals surface area contributed by atoms with Crippen LogP contribution in [0, 0.1) is 3.57 Å². The highest BCUT2D eigenvalue weighted by Gasteiger charge is 2.20. The molecule has 6 heteroatoms. The number of carbonyl (C=O) groups is 1. The molecule has 1 heterocycles. The van der Waals surface area contributed by atoms with Gasteiger partial charge in [-0.05, 0) is 47.7 Å². The van der Waals surface area contributed by atoms with Crippen LogP contribution in [0.3, 0.4) is 0 Å². The number of hydrogen-bond donors (Lipinski definition) is 1. The first-order valence-electron chi connectivity index (χ1n) is 6.02. The molecule has 0 spiro atoms. The number of aryl methyl sites for hydroxylation is 1. The summed E-state index contributed by atoms with van der Waals surface area (Å²) in [7, 11) is 1.64.